The number of hydrogen-bond donors (Lipinski definition) is 1. The molecule has 0 spiro atoms. The number of carboxylic acids is 1. The molecule has 0 unspecified atom stereocenters. The fourth-order valence-corrected chi connectivity index (χ4v) is 2.15. The average molecular weight is 328 g/mol. The van der Waals surface area contributed by atoms with Crippen molar-refractivity contribution in [2.75, 3.05) is 0 Å². The van der Waals surface area contributed by atoms with Crippen LogP contribution in [0.1, 0.15) is 21.5 Å². The van der Waals surface area contributed by atoms with Gasteiger partial charge in [-0.05, 0) is 41.5 Å². The van der Waals surface area contributed by atoms with Gasteiger partial charge in [0.15, 0.2) is 0 Å². The summed E-state index contributed by atoms with van der Waals surface area (Å²) in [7, 11) is 0. The first-order chi connectivity index (χ1) is 9.60. The van der Waals surface area contributed by atoms with Gasteiger partial charge in [0.2, 0.25) is 0 Å². The second-order valence-electron chi connectivity index (χ2n) is 4.11. The highest BCUT2D eigenvalue weighted by Gasteiger charge is 2.05. The van der Waals surface area contributed by atoms with Crippen molar-refractivity contribution in [1.82, 2.24) is 0 Å². The van der Waals surface area contributed by atoms with E-state index >= 15 is 0 Å². The molecular formula is C16H10BrNO2. The van der Waals surface area contributed by atoms with Crippen molar-refractivity contribution in [3.8, 4) is 6.07 Å². The Morgan fingerprint density at radius 2 is 1.80 bits per heavy atom. The molecule has 2 aromatic carbocycles. The predicted octanol–water partition coefficient (Wildman–Crippen LogP) is 4.21. The Morgan fingerprint density at radius 1 is 1.15 bits per heavy atom. The van der Waals surface area contributed by atoms with E-state index in [1.807, 2.05) is 24.3 Å². The fraction of sp³-hybridized carbons (Fsp3) is 0. The van der Waals surface area contributed by atoms with Gasteiger partial charge in [-0.3, -0.25) is 0 Å². The number of nitriles is 1. The molecule has 1 N–H and O–H groups in total. The molecule has 0 atom stereocenters. The van der Waals surface area contributed by atoms with Crippen LogP contribution in [0.4, 0.5) is 0 Å². The molecule has 0 aliphatic heterocycles. The van der Waals surface area contributed by atoms with Crippen LogP contribution >= 0.6 is 15.9 Å². The van der Waals surface area contributed by atoms with E-state index in [0.29, 0.717) is 11.1 Å². The summed E-state index contributed by atoms with van der Waals surface area (Å²) >= 11 is 3.38. The second-order valence-corrected chi connectivity index (χ2v) is 5.02. The summed E-state index contributed by atoms with van der Waals surface area (Å²) in [5.74, 6) is -0.981. The van der Waals surface area contributed by atoms with E-state index < -0.39 is 5.97 Å². The highest BCUT2D eigenvalue weighted by atomic mass is 79.9. The largest absolute Gasteiger partial charge is 0.478 e. The van der Waals surface area contributed by atoms with Crippen LogP contribution in [0.5, 0.6) is 0 Å². The molecule has 0 aliphatic rings. The Hall–Kier alpha value is -2.38. The van der Waals surface area contributed by atoms with Crippen LogP contribution < -0.4 is 0 Å². The zero-order valence-electron chi connectivity index (χ0n) is 10.4. The Balaban J connectivity index is 2.37. The van der Waals surface area contributed by atoms with Crippen molar-refractivity contribution in [2.45, 2.75) is 0 Å². The number of aromatic carboxylic acids is 1. The minimum atomic E-state index is -0.981. The molecule has 0 radical (unpaired) electrons. The zero-order chi connectivity index (χ0) is 14.5. The van der Waals surface area contributed by atoms with Crippen molar-refractivity contribution in [1.29, 1.82) is 5.26 Å². The third-order valence-corrected chi connectivity index (χ3v) is 3.22. The van der Waals surface area contributed by atoms with Crippen molar-refractivity contribution in [3.63, 3.8) is 0 Å². The molecular weight excluding hydrogens is 318 g/mol. The van der Waals surface area contributed by atoms with Gasteiger partial charge in [0.25, 0.3) is 0 Å². The van der Waals surface area contributed by atoms with E-state index in [2.05, 4.69) is 22.0 Å². The van der Waals surface area contributed by atoms with Crippen LogP contribution in [-0.4, -0.2) is 11.1 Å². The van der Waals surface area contributed by atoms with Gasteiger partial charge in [-0.1, -0.05) is 40.2 Å². The number of rotatable bonds is 3. The minimum absolute atomic E-state index is 0.202. The van der Waals surface area contributed by atoms with Crippen LogP contribution in [0, 0.1) is 11.3 Å². The summed E-state index contributed by atoms with van der Waals surface area (Å²) in [6.45, 7) is 0. The number of nitrogens with zero attached hydrogens (tertiary/aromatic N) is 1. The lowest BCUT2D eigenvalue weighted by Gasteiger charge is -2.01. The lowest BCUT2D eigenvalue weighted by Crippen LogP contribution is -1.95. The number of carboxylic acid groups (broad SMARTS) is 1. The first-order valence-electron chi connectivity index (χ1n) is 5.81. The monoisotopic (exact) mass is 327 g/mol. The molecule has 0 amide bonds. The Morgan fingerprint density at radius 3 is 2.35 bits per heavy atom. The highest BCUT2D eigenvalue weighted by molar-refractivity contribution is 9.10. The maximum absolute atomic E-state index is 10.8. The predicted molar refractivity (Wildman–Crippen MR) is 81.0 cm³/mol. The number of benzene rings is 2. The first kappa shape index (κ1) is 14.0. The van der Waals surface area contributed by atoms with E-state index in [1.165, 1.54) is 12.1 Å². The highest BCUT2D eigenvalue weighted by Crippen LogP contribution is 2.20. The molecule has 0 heterocycles. The van der Waals surface area contributed by atoms with E-state index in [9.17, 15) is 10.1 Å². The van der Waals surface area contributed by atoms with Gasteiger partial charge >= 0.3 is 5.97 Å². The SMILES string of the molecule is N#C/C(=C/c1cccc(Br)c1)c1ccc(C(=O)O)cc1. The standard InChI is InChI=1S/C16H10BrNO2/c17-15-3-1-2-11(9-15)8-14(10-18)12-4-6-13(7-5-12)16(19)20/h1-9H,(H,19,20)/b14-8-. The summed E-state index contributed by atoms with van der Waals surface area (Å²) in [6.07, 6.45) is 1.76. The average Bonchev–Trinajstić information content (AvgIpc) is 2.45. The molecule has 98 valence electrons. The molecule has 0 saturated carbocycles. The molecule has 0 fully saturated rings. The van der Waals surface area contributed by atoms with E-state index in [4.69, 9.17) is 5.11 Å². The Labute approximate surface area is 124 Å². The smallest absolute Gasteiger partial charge is 0.335 e. The zero-order valence-corrected chi connectivity index (χ0v) is 12.0. The van der Waals surface area contributed by atoms with Gasteiger partial charge in [-0.25, -0.2) is 4.79 Å². The molecule has 0 saturated heterocycles. The van der Waals surface area contributed by atoms with Crippen molar-refractivity contribution in [2.24, 2.45) is 0 Å². The molecule has 4 heteroatoms. The maximum atomic E-state index is 10.8. The van der Waals surface area contributed by atoms with Crippen LogP contribution in [-0.2, 0) is 0 Å². The molecule has 0 aromatic heterocycles. The maximum Gasteiger partial charge on any atom is 0.335 e. The van der Waals surface area contributed by atoms with Crippen molar-refractivity contribution in [3.05, 3.63) is 69.7 Å². The summed E-state index contributed by atoms with van der Waals surface area (Å²) in [5, 5.41) is 18.1. The Kier molecular flexibility index (Phi) is 4.34. The van der Waals surface area contributed by atoms with Crippen molar-refractivity contribution >= 4 is 33.5 Å². The molecule has 3 nitrogen and oxygen atoms in total. The van der Waals surface area contributed by atoms with Crippen LogP contribution in [0.2, 0.25) is 0 Å². The van der Waals surface area contributed by atoms with Crippen molar-refractivity contribution < 1.29 is 9.90 Å². The van der Waals surface area contributed by atoms with Crippen LogP contribution in [0.15, 0.2) is 53.0 Å². The summed E-state index contributed by atoms with van der Waals surface area (Å²) < 4.78 is 0.935. The number of hydrogen-bond acceptors (Lipinski definition) is 2. The fourth-order valence-electron chi connectivity index (χ4n) is 1.74. The first-order valence-corrected chi connectivity index (χ1v) is 6.60. The number of carbonyl (C=O) groups is 1. The summed E-state index contributed by atoms with van der Waals surface area (Å²) in [4.78, 5) is 10.8. The Bertz CT molecular complexity index is 712. The van der Waals surface area contributed by atoms with E-state index in [0.717, 1.165) is 10.0 Å². The van der Waals surface area contributed by atoms with Crippen LogP contribution in [0.3, 0.4) is 0 Å². The lowest BCUT2D eigenvalue weighted by molar-refractivity contribution is 0.0697. The second kappa shape index (κ2) is 6.18. The van der Waals surface area contributed by atoms with Crippen LogP contribution in [0.25, 0.3) is 11.6 Å². The third kappa shape index (κ3) is 3.34. The molecule has 0 bridgehead atoms. The van der Waals surface area contributed by atoms with E-state index in [1.54, 1.807) is 18.2 Å². The quantitative estimate of drug-likeness (QED) is 0.678. The molecule has 2 rings (SSSR count). The number of allylic oxidation sites excluding steroid dienone is 1. The normalized spacial score (nSPS) is 10.9. The minimum Gasteiger partial charge on any atom is -0.478 e. The molecule has 20 heavy (non-hydrogen) atoms. The van der Waals surface area contributed by atoms with Gasteiger partial charge in [0.1, 0.15) is 0 Å². The molecule has 0 aliphatic carbocycles. The summed E-state index contributed by atoms with van der Waals surface area (Å²) in [5.41, 5.74) is 2.28. The van der Waals surface area contributed by atoms with Gasteiger partial charge < -0.3 is 5.11 Å². The number of halogens is 1. The van der Waals surface area contributed by atoms with Gasteiger partial charge in [-0.2, -0.15) is 5.26 Å². The van der Waals surface area contributed by atoms with E-state index in [-0.39, 0.29) is 5.56 Å². The van der Waals surface area contributed by atoms with Gasteiger partial charge in [0, 0.05) is 4.47 Å². The van der Waals surface area contributed by atoms with Gasteiger partial charge in [0.05, 0.1) is 17.2 Å². The van der Waals surface area contributed by atoms with Gasteiger partial charge in [-0.15, -0.1) is 0 Å². The topological polar surface area (TPSA) is 61.1 Å². The third-order valence-electron chi connectivity index (χ3n) is 2.72. The molecule has 2 aromatic rings. The summed E-state index contributed by atoms with van der Waals surface area (Å²) in [6, 6.07) is 16.0. The lowest BCUT2D eigenvalue weighted by atomic mass is 10.0.